The molecule has 1 aliphatic carbocycles. The fourth-order valence-corrected chi connectivity index (χ4v) is 7.37. The Hall–Kier alpha value is -3.40. The Balaban J connectivity index is 1.50. The van der Waals surface area contributed by atoms with Gasteiger partial charge in [0.2, 0.25) is 11.8 Å². The molecule has 8 nitrogen and oxygen atoms in total. The van der Waals surface area contributed by atoms with Crippen LogP contribution in [0.2, 0.25) is 10.0 Å². The van der Waals surface area contributed by atoms with Crippen molar-refractivity contribution in [1.82, 2.24) is 14.5 Å². The van der Waals surface area contributed by atoms with Crippen LogP contribution >= 0.6 is 23.2 Å². The van der Waals surface area contributed by atoms with Crippen LogP contribution in [-0.4, -0.2) is 54.0 Å². The summed E-state index contributed by atoms with van der Waals surface area (Å²) in [5.41, 5.74) is 1.43. The van der Waals surface area contributed by atoms with Crippen molar-refractivity contribution in [3.63, 3.8) is 0 Å². The fraction of sp³-hybridized carbons (Fsp3) is 0.323. The second-order valence-electron chi connectivity index (χ2n) is 10.6. The van der Waals surface area contributed by atoms with E-state index in [1.54, 1.807) is 24.3 Å². The molecule has 1 atom stereocenters. The predicted molar refractivity (Wildman–Crippen MR) is 161 cm³/mol. The van der Waals surface area contributed by atoms with Gasteiger partial charge in [0.05, 0.1) is 15.6 Å². The summed E-state index contributed by atoms with van der Waals surface area (Å²) in [6.45, 7) is -0.806. The van der Waals surface area contributed by atoms with Gasteiger partial charge in [0.25, 0.3) is 15.9 Å². The van der Waals surface area contributed by atoms with Gasteiger partial charge in [-0.15, -0.1) is 0 Å². The molecule has 3 aromatic carbocycles. The number of benzene rings is 3. The minimum absolute atomic E-state index is 0.0113. The van der Waals surface area contributed by atoms with Crippen LogP contribution in [0.25, 0.3) is 0 Å². The zero-order chi connectivity index (χ0) is 29.9. The summed E-state index contributed by atoms with van der Waals surface area (Å²) in [5, 5.41) is 3.75. The first-order valence-electron chi connectivity index (χ1n) is 13.9. The van der Waals surface area contributed by atoms with Crippen molar-refractivity contribution in [2.75, 3.05) is 6.54 Å². The molecule has 1 N–H and O–H groups in total. The summed E-state index contributed by atoms with van der Waals surface area (Å²) in [7, 11) is -4.24. The minimum Gasteiger partial charge on any atom is -0.352 e. The van der Waals surface area contributed by atoms with Crippen LogP contribution in [0.5, 0.6) is 0 Å². The van der Waals surface area contributed by atoms with Crippen molar-refractivity contribution >= 4 is 50.9 Å². The lowest BCUT2D eigenvalue weighted by Gasteiger charge is -2.34. The Labute approximate surface area is 255 Å². The maximum Gasteiger partial charge on any atom is 0.269 e. The molecule has 0 bridgehead atoms. The third kappa shape index (κ3) is 6.48. The number of carbonyl (C=O) groups excluding carboxylic acids is 3. The molecule has 5 rings (SSSR count). The van der Waals surface area contributed by atoms with Crippen LogP contribution in [-0.2, 0) is 32.6 Å². The standard InChI is InChI=1S/C31H31Cl2N3O5S/c32-25-16-15-22(17-26(25)33)19-35(29(37)20-36-31(39)24-13-7-8-14-28(24)42(36,40)41)27(18-21-9-3-1-4-10-21)30(38)34-23-11-5-2-6-12-23/h1,3-4,7-10,13-17,23,27H,2,5-6,11-12,18-20H2,(H,34,38)/t27-/m1/s1. The minimum atomic E-state index is -4.24. The Bertz CT molecular complexity index is 1590. The van der Waals surface area contributed by atoms with E-state index >= 15 is 0 Å². The molecule has 2 aliphatic rings. The molecule has 42 heavy (non-hydrogen) atoms. The zero-order valence-electron chi connectivity index (χ0n) is 22.8. The topological polar surface area (TPSA) is 104 Å². The molecule has 0 saturated heterocycles. The first-order valence-corrected chi connectivity index (χ1v) is 16.1. The second-order valence-corrected chi connectivity index (χ2v) is 13.3. The van der Waals surface area contributed by atoms with E-state index in [4.69, 9.17) is 23.2 Å². The highest BCUT2D eigenvalue weighted by Crippen LogP contribution is 2.31. The number of hydrogen-bond donors (Lipinski definition) is 1. The smallest absolute Gasteiger partial charge is 0.269 e. The molecule has 220 valence electrons. The van der Waals surface area contributed by atoms with Crippen LogP contribution < -0.4 is 5.32 Å². The monoisotopic (exact) mass is 627 g/mol. The van der Waals surface area contributed by atoms with Gasteiger partial charge in [-0.3, -0.25) is 14.4 Å². The summed E-state index contributed by atoms with van der Waals surface area (Å²) in [4.78, 5) is 42.4. The van der Waals surface area contributed by atoms with E-state index in [0.29, 0.717) is 14.9 Å². The van der Waals surface area contributed by atoms with Crippen LogP contribution in [0.1, 0.15) is 53.6 Å². The Morgan fingerprint density at radius 1 is 0.905 bits per heavy atom. The normalized spacial score (nSPS) is 17.0. The van der Waals surface area contributed by atoms with Crippen LogP contribution in [0.3, 0.4) is 0 Å². The lowest BCUT2D eigenvalue weighted by molar-refractivity contribution is -0.141. The molecule has 0 unspecified atom stereocenters. The SMILES string of the molecule is O=C(NC1CCCCC1)[C@@H](Cc1ccccc1)N(Cc1ccc(Cl)c(Cl)c1)C(=O)CN1C(=O)c2ccccc2S1(=O)=O. The Kier molecular flexibility index (Phi) is 9.20. The summed E-state index contributed by atoms with van der Waals surface area (Å²) in [6, 6.07) is 19.1. The van der Waals surface area contributed by atoms with E-state index in [-0.39, 0.29) is 40.4 Å². The molecule has 11 heteroatoms. The molecule has 0 radical (unpaired) electrons. The highest BCUT2D eigenvalue weighted by atomic mass is 35.5. The average molecular weight is 629 g/mol. The lowest BCUT2D eigenvalue weighted by atomic mass is 9.94. The zero-order valence-corrected chi connectivity index (χ0v) is 25.2. The van der Waals surface area contributed by atoms with Crippen molar-refractivity contribution in [2.45, 2.75) is 62.0 Å². The molecule has 1 aliphatic heterocycles. The molecular formula is C31H31Cl2N3O5S. The molecule has 3 aromatic rings. The summed E-state index contributed by atoms with van der Waals surface area (Å²) in [5.74, 6) is -1.80. The molecule has 0 spiro atoms. The highest BCUT2D eigenvalue weighted by Gasteiger charge is 2.43. The van der Waals surface area contributed by atoms with Gasteiger partial charge in [-0.05, 0) is 48.2 Å². The van der Waals surface area contributed by atoms with E-state index in [9.17, 15) is 22.8 Å². The van der Waals surface area contributed by atoms with Gasteiger partial charge in [-0.2, -0.15) is 0 Å². The van der Waals surface area contributed by atoms with Gasteiger partial charge >= 0.3 is 0 Å². The third-order valence-electron chi connectivity index (χ3n) is 7.75. The number of nitrogens with zero attached hydrogens (tertiary/aromatic N) is 2. The lowest BCUT2D eigenvalue weighted by Crippen LogP contribution is -2.55. The maximum atomic E-state index is 14.1. The average Bonchev–Trinajstić information content (AvgIpc) is 3.18. The number of hydrogen-bond acceptors (Lipinski definition) is 5. The van der Waals surface area contributed by atoms with Gasteiger partial charge in [-0.25, -0.2) is 12.7 Å². The number of amides is 3. The summed E-state index contributed by atoms with van der Waals surface area (Å²) >= 11 is 12.4. The van der Waals surface area contributed by atoms with Crippen molar-refractivity contribution in [1.29, 1.82) is 0 Å². The van der Waals surface area contributed by atoms with E-state index in [1.165, 1.54) is 23.1 Å². The van der Waals surface area contributed by atoms with E-state index in [2.05, 4.69) is 5.32 Å². The number of halogens is 2. The molecule has 0 aromatic heterocycles. The van der Waals surface area contributed by atoms with E-state index in [1.807, 2.05) is 30.3 Å². The van der Waals surface area contributed by atoms with Crippen molar-refractivity contribution in [3.8, 4) is 0 Å². The van der Waals surface area contributed by atoms with Crippen LogP contribution in [0.15, 0.2) is 77.7 Å². The van der Waals surface area contributed by atoms with E-state index < -0.39 is 34.4 Å². The number of rotatable bonds is 9. The Morgan fingerprint density at radius 2 is 1.60 bits per heavy atom. The van der Waals surface area contributed by atoms with Crippen molar-refractivity contribution < 1.29 is 22.8 Å². The molecular weight excluding hydrogens is 597 g/mol. The van der Waals surface area contributed by atoms with Gasteiger partial charge in [0.15, 0.2) is 0 Å². The second kappa shape index (κ2) is 12.9. The van der Waals surface area contributed by atoms with Crippen molar-refractivity contribution in [3.05, 3.63) is 99.5 Å². The van der Waals surface area contributed by atoms with Gasteiger partial charge < -0.3 is 10.2 Å². The number of fused-ring (bicyclic) bond motifs is 1. The predicted octanol–water partition coefficient (Wildman–Crippen LogP) is 5.23. The maximum absolute atomic E-state index is 14.1. The molecule has 1 heterocycles. The first-order chi connectivity index (χ1) is 20.1. The quantitative estimate of drug-likeness (QED) is 0.350. The van der Waals surface area contributed by atoms with E-state index in [0.717, 1.165) is 37.7 Å². The number of nitrogens with one attached hydrogen (secondary N) is 1. The van der Waals surface area contributed by atoms with Crippen LogP contribution in [0.4, 0.5) is 0 Å². The van der Waals surface area contributed by atoms with Gasteiger partial charge in [-0.1, -0.05) is 91.0 Å². The summed E-state index contributed by atoms with van der Waals surface area (Å²) < 4.78 is 27.1. The molecule has 1 fully saturated rings. The number of carbonyl (C=O) groups is 3. The number of sulfonamides is 1. The first kappa shape index (κ1) is 30.1. The third-order valence-corrected chi connectivity index (χ3v) is 10.3. The highest BCUT2D eigenvalue weighted by molar-refractivity contribution is 7.90. The van der Waals surface area contributed by atoms with Crippen LogP contribution in [0, 0.1) is 0 Å². The fourth-order valence-electron chi connectivity index (χ4n) is 5.53. The largest absolute Gasteiger partial charge is 0.352 e. The van der Waals surface area contributed by atoms with Gasteiger partial charge in [0.1, 0.15) is 17.5 Å². The summed E-state index contributed by atoms with van der Waals surface area (Å²) in [6.07, 6.45) is 5.02. The molecule has 3 amide bonds. The van der Waals surface area contributed by atoms with Gasteiger partial charge in [0, 0.05) is 19.0 Å². The Morgan fingerprint density at radius 3 is 2.29 bits per heavy atom. The molecule has 1 saturated carbocycles. The van der Waals surface area contributed by atoms with Crippen molar-refractivity contribution in [2.24, 2.45) is 0 Å².